The molecule has 0 aromatic heterocycles. The minimum atomic E-state index is -1.08. The van der Waals surface area contributed by atoms with Crippen molar-refractivity contribution in [1.29, 1.82) is 5.26 Å². The van der Waals surface area contributed by atoms with Gasteiger partial charge < -0.3 is 4.74 Å². The summed E-state index contributed by atoms with van der Waals surface area (Å²) in [5.41, 5.74) is -1.77. The zero-order valence-corrected chi connectivity index (χ0v) is 10.9. The van der Waals surface area contributed by atoms with Crippen LogP contribution in [0.25, 0.3) is 0 Å². The van der Waals surface area contributed by atoms with Gasteiger partial charge in [0, 0.05) is 16.1 Å². The molecule has 0 aliphatic rings. The summed E-state index contributed by atoms with van der Waals surface area (Å²) in [6, 6.07) is -3.04. The molecule has 0 saturated heterocycles. The van der Waals surface area contributed by atoms with Crippen LogP contribution in [0.15, 0.2) is 36.3 Å². The van der Waals surface area contributed by atoms with E-state index in [2.05, 4.69) is 0 Å². The number of hydrogen-bond acceptors (Lipinski definition) is 4. The van der Waals surface area contributed by atoms with E-state index in [0.29, 0.717) is 0 Å². The molecule has 20 heavy (non-hydrogen) atoms. The monoisotopic (exact) mass is 314 g/mol. The molecule has 0 unspecified atom stereocenters. The van der Waals surface area contributed by atoms with Gasteiger partial charge in [0.2, 0.25) is 5.75 Å². The Morgan fingerprint density at radius 2 is 1.90 bits per heavy atom. The molecule has 0 bridgehead atoms. The molecule has 5 nitrogen and oxygen atoms in total. The number of hydrogen-bond donors (Lipinski definition) is 0. The molecule has 0 saturated carbocycles. The van der Waals surface area contributed by atoms with Crippen LogP contribution < -0.4 is 4.74 Å². The molecule has 0 aliphatic heterocycles. The number of rotatable bonds is 3. The van der Waals surface area contributed by atoms with E-state index in [0.717, 1.165) is 0 Å². The molecule has 0 atom stereocenters. The Morgan fingerprint density at radius 1 is 1.25 bits per heavy atom. The fraction of sp³-hybridized carbons (Fsp3) is 0. The van der Waals surface area contributed by atoms with E-state index in [1.807, 2.05) is 0 Å². The number of nitrogens with zero attached hydrogens (tertiary/aromatic N) is 2. The summed E-state index contributed by atoms with van der Waals surface area (Å²) in [7, 11) is 0. The summed E-state index contributed by atoms with van der Waals surface area (Å²) in [5.74, 6) is -1.59. The van der Waals surface area contributed by atoms with Crippen LogP contribution in [-0.4, -0.2) is 4.92 Å². The highest BCUT2D eigenvalue weighted by atomic mass is 35.5. The van der Waals surface area contributed by atoms with Crippen LogP contribution in [0, 0.1) is 21.4 Å². The predicted molar refractivity (Wildman–Crippen MR) is 74.3 cm³/mol. The summed E-state index contributed by atoms with van der Waals surface area (Å²) in [6.07, 6.45) is 0. The van der Waals surface area contributed by atoms with Crippen LogP contribution in [0.2, 0.25) is 10.0 Å². The largest absolute Gasteiger partial charge is 0.450 e. The minimum absolute atomic E-state index is 0.485. The second kappa shape index (κ2) is 5.78. The average molecular weight is 315 g/mol. The third-order valence-electron chi connectivity index (χ3n) is 1.92. The lowest BCUT2D eigenvalue weighted by molar-refractivity contribution is -0.385. The molecular weight excluding hydrogens is 303 g/mol. The summed E-state index contributed by atoms with van der Waals surface area (Å²) in [6.45, 7) is 0. The summed E-state index contributed by atoms with van der Waals surface area (Å²) in [4.78, 5) is 10.2. The molecule has 0 spiro atoms. The molecule has 0 aliphatic carbocycles. The van der Waals surface area contributed by atoms with Crippen LogP contribution in [0.3, 0.4) is 0 Å². The SMILES string of the molecule is [2H]c1c(Cl)c([2H])c(Oc2c([2H])c([2H])c(C#N)c([2H])c2[N+](=O)[O-])c([2H])c1Cl. The molecule has 0 amide bonds. The summed E-state index contributed by atoms with van der Waals surface area (Å²) < 4.78 is 51.6. The number of nitro benzene ring substituents is 1. The van der Waals surface area contributed by atoms with Gasteiger partial charge in [-0.3, -0.25) is 10.1 Å². The normalized spacial score (nSPS) is 14.1. The van der Waals surface area contributed by atoms with Crippen molar-refractivity contribution < 1.29 is 17.9 Å². The van der Waals surface area contributed by atoms with E-state index in [9.17, 15) is 10.1 Å². The van der Waals surface area contributed by atoms with Gasteiger partial charge in [-0.15, -0.1) is 0 Å². The number of ether oxygens (including phenoxy) is 1. The molecule has 100 valence electrons. The maximum absolute atomic E-state index is 11.3. The Hall–Kier alpha value is -2.29. The van der Waals surface area contributed by atoms with Crippen molar-refractivity contribution in [3.8, 4) is 17.6 Å². The Labute approximate surface area is 132 Å². The van der Waals surface area contributed by atoms with Crippen LogP contribution in [-0.2, 0) is 0 Å². The number of benzene rings is 2. The van der Waals surface area contributed by atoms with Crippen molar-refractivity contribution in [2.45, 2.75) is 0 Å². The molecule has 0 radical (unpaired) electrons. The number of nitriles is 1. The van der Waals surface area contributed by atoms with Crippen molar-refractivity contribution in [3.05, 3.63) is 62.0 Å². The first kappa shape index (κ1) is 8.10. The van der Waals surface area contributed by atoms with Gasteiger partial charge in [-0.25, -0.2) is 0 Å². The van der Waals surface area contributed by atoms with E-state index in [1.165, 1.54) is 6.07 Å². The highest BCUT2D eigenvalue weighted by molar-refractivity contribution is 6.34. The van der Waals surface area contributed by atoms with Crippen LogP contribution in [0.5, 0.6) is 11.5 Å². The maximum atomic E-state index is 11.3. The molecule has 2 rings (SSSR count). The Kier molecular flexibility index (Phi) is 2.34. The Balaban J connectivity index is 2.85. The van der Waals surface area contributed by atoms with Crippen molar-refractivity contribution >= 4 is 28.9 Å². The zero-order chi connectivity index (χ0) is 19.9. The predicted octanol–water partition coefficient (Wildman–Crippen LogP) is 4.57. The van der Waals surface area contributed by atoms with Gasteiger partial charge in [0.1, 0.15) is 5.75 Å². The molecule has 0 heterocycles. The Morgan fingerprint density at radius 3 is 2.45 bits per heavy atom. The number of nitro groups is 1. The number of halogens is 2. The third kappa shape index (κ3) is 3.18. The van der Waals surface area contributed by atoms with Crippen molar-refractivity contribution in [1.82, 2.24) is 0 Å². The highest BCUT2D eigenvalue weighted by Crippen LogP contribution is 2.34. The van der Waals surface area contributed by atoms with E-state index < -0.39 is 74.0 Å². The lowest BCUT2D eigenvalue weighted by Gasteiger charge is -2.07. The topological polar surface area (TPSA) is 76.2 Å². The summed E-state index contributed by atoms with van der Waals surface area (Å²) >= 11 is 11.5. The average Bonchev–Trinajstić information content (AvgIpc) is 2.59. The fourth-order valence-electron chi connectivity index (χ4n) is 1.19. The van der Waals surface area contributed by atoms with Crippen molar-refractivity contribution in [3.63, 3.8) is 0 Å². The standard InChI is InChI=1S/C13H6Cl2N2O3/c14-9-4-10(15)6-11(5-9)20-13-2-1-8(7-16)3-12(13)17(18)19/h1-6H/i1D,2D,3D,4D,5D,6D. The minimum Gasteiger partial charge on any atom is -0.450 e. The van der Waals surface area contributed by atoms with Crippen molar-refractivity contribution in [2.75, 3.05) is 0 Å². The maximum Gasteiger partial charge on any atom is 0.312 e. The zero-order valence-electron chi connectivity index (χ0n) is 15.4. The third-order valence-corrected chi connectivity index (χ3v) is 2.30. The smallest absolute Gasteiger partial charge is 0.312 e. The van der Waals surface area contributed by atoms with Crippen molar-refractivity contribution in [2.24, 2.45) is 0 Å². The van der Waals surface area contributed by atoms with E-state index in [1.54, 1.807) is 0 Å². The second-order valence-corrected chi connectivity index (χ2v) is 3.99. The van der Waals surface area contributed by atoms with Gasteiger partial charge in [0.05, 0.1) is 24.8 Å². The van der Waals surface area contributed by atoms with Gasteiger partial charge in [-0.1, -0.05) is 23.2 Å². The van der Waals surface area contributed by atoms with Crippen LogP contribution in [0.1, 0.15) is 13.8 Å². The van der Waals surface area contributed by atoms with Gasteiger partial charge in [-0.2, -0.15) is 5.26 Å². The van der Waals surface area contributed by atoms with E-state index in [4.69, 9.17) is 41.4 Å². The lowest BCUT2D eigenvalue weighted by Crippen LogP contribution is -1.94. The molecular formula is C13H6Cl2N2O3. The van der Waals surface area contributed by atoms with Crippen LogP contribution in [0.4, 0.5) is 5.69 Å². The fourth-order valence-corrected chi connectivity index (χ4v) is 1.59. The molecule has 0 fully saturated rings. The van der Waals surface area contributed by atoms with Gasteiger partial charge in [0.25, 0.3) is 0 Å². The van der Waals surface area contributed by atoms with Gasteiger partial charge in [-0.05, 0) is 30.2 Å². The first-order chi connectivity index (χ1) is 12.0. The van der Waals surface area contributed by atoms with Crippen LogP contribution >= 0.6 is 23.2 Å². The molecule has 7 heteroatoms. The molecule has 2 aromatic carbocycles. The summed E-state index contributed by atoms with van der Waals surface area (Å²) in [5, 5.41) is 19.3. The highest BCUT2D eigenvalue weighted by Gasteiger charge is 2.17. The first-order valence-corrected chi connectivity index (χ1v) is 5.60. The Bertz CT molecular complexity index is 980. The lowest BCUT2D eigenvalue weighted by atomic mass is 10.2. The quantitative estimate of drug-likeness (QED) is 0.614. The molecule has 0 N–H and O–H groups in total. The second-order valence-electron chi connectivity index (χ2n) is 3.23. The van der Waals surface area contributed by atoms with Gasteiger partial charge >= 0.3 is 5.69 Å². The first-order valence-electron chi connectivity index (χ1n) is 7.85. The van der Waals surface area contributed by atoms with Gasteiger partial charge in [0.15, 0.2) is 0 Å². The molecule has 2 aromatic rings. The van der Waals surface area contributed by atoms with E-state index in [-0.39, 0.29) is 0 Å². The van der Waals surface area contributed by atoms with E-state index >= 15 is 0 Å².